The van der Waals surface area contributed by atoms with Crippen molar-refractivity contribution in [3.8, 4) is 17.2 Å². The highest BCUT2D eigenvalue weighted by molar-refractivity contribution is 5.93. The Morgan fingerprint density at radius 2 is 2.00 bits per heavy atom. The number of amides is 1. The summed E-state index contributed by atoms with van der Waals surface area (Å²) < 4.78 is 12.8. The van der Waals surface area contributed by atoms with Crippen LogP contribution in [0, 0.1) is 6.92 Å². The highest BCUT2D eigenvalue weighted by atomic mass is 16.6. The zero-order valence-electron chi connectivity index (χ0n) is 16.0. The Kier molecular flexibility index (Phi) is 4.68. The average molecular weight is 379 g/mol. The molecular formula is C20H21N5O3. The van der Waals surface area contributed by atoms with Gasteiger partial charge in [-0.2, -0.15) is 0 Å². The number of hydrogen-bond donors (Lipinski definition) is 0. The van der Waals surface area contributed by atoms with Crippen LogP contribution in [-0.4, -0.2) is 51.0 Å². The Hall–Kier alpha value is -3.42. The molecule has 3 heterocycles. The van der Waals surface area contributed by atoms with Gasteiger partial charge in [0.2, 0.25) is 0 Å². The van der Waals surface area contributed by atoms with Gasteiger partial charge in [0.1, 0.15) is 13.2 Å². The Morgan fingerprint density at radius 1 is 1.21 bits per heavy atom. The van der Waals surface area contributed by atoms with Gasteiger partial charge in [0.25, 0.3) is 5.91 Å². The lowest BCUT2D eigenvalue weighted by atomic mass is 10.1. The molecule has 0 radical (unpaired) electrons. The summed E-state index contributed by atoms with van der Waals surface area (Å²) in [5.41, 5.74) is 2.69. The second-order valence-electron chi connectivity index (χ2n) is 6.64. The summed E-state index contributed by atoms with van der Waals surface area (Å²) in [6, 6.07) is 9.20. The fourth-order valence-corrected chi connectivity index (χ4v) is 3.13. The highest BCUT2D eigenvalue weighted by Gasteiger charge is 2.25. The molecule has 0 aliphatic carbocycles. The molecular weight excluding hydrogens is 358 g/mol. The first-order chi connectivity index (χ1) is 13.6. The quantitative estimate of drug-likeness (QED) is 0.693. The third kappa shape index (κ3) is 3.17. The Bertz CT molecular complexity index is 1000. The summed E-state index contributed by atoms with van der Waals surface area (Å²) in [5.74, 6) is 1.17. The molecule has 0 saturated carbocycles. The van der Waals surface area contributed by atoms with Crippen LogP contribution < -0.4 is 9.47 Å². The number of nitrogens with zero attached hydrogens (tertiary/aromatic N) is 5. The molecule has 1 aromatic carbocycles. The second kappa shape index (κ2) is 7.30. The number of fused-ring (bicyclic) bond motifs is 1. The molecule has 28 heavy (non-hydrogen) atoms. The van der Waals surface area contributed by atoms with E-state index in [1.54, 1.807) is 29.0 Å². The van der Waals surface area contributed by atoms with Gasteiger partial charge in [-0.3, -0.25) is 9.78 Å². The molecule has 0 N–H and O–H groups in total. The van der Waals surface area contributed by atoms with Crippen LogP contribution in [0.1, 0.15) is 34.7 Å². The fourth-order valence-electron chi connectivity index (χ4n) is 3.13. The molecule has 1 aliphatic heterocycles. The van der Waals surface area contributed by atoms with Crippen molar-refractivity contribution < 1.29 is 14.3 Å². The number of rotatable bonds is 4. The maximum Gasteiger partial charge on any atom is 0.276 e. The van der Waals surface area contributed by atoms with E-state index < -0.39 is 0 Å². The fraction of sp³-hybridized carbons (Fsp3) is 0.300. The SMILES string of the molecule is Cc1c(C(=O)N(C)[C@H](C)c2cccnc2)nnn1-c1ccc2c(c1)OCCO2. The van der Waals surface area contributed by atoms with Crippen LogP contribution >= 0.6 is 0 Å². The maximum atomic E-state index is 13.0. The molecule has 2 aromatic heterocycles. The largest absolute Gasteiger partial charge is 0.486 e. The lowest BCUT2D eigenvalue weighted by Crippen LogP contribution is -2.30. The predicted molar refractivity (Wildman–Crippen MR) is 102 cm³/mol. The van der Waals surface area contributed by atoms with Gasteiger partial charge >= 0.3 is 0 Å². The molecule has 8 heteroatoms. The van der Waals surface area contributed by atoms with Gasteiger partial charge in [-0.15, -0.1) is 5.10 Å². The summed E-state index contributed by atoms with van der Waals surface area (Å²) in [4.78, 5) is 18.8. The van der Waals surface area contributed by atoms with Crippen molar-refractivity contribution in [1.82, 2.24) is 24.9 Å². The van der Waals surface area contributed by atoms with E-state index in [1.807, 2.05) is 44.2 Å². The van der Waals surface area contributed by atoms with Crippen molar-refractivity contribution in [3.63, 3.8) is 0 Å². The lowest BCUT2D eigenvalue weighted by Gasteiger charge is -2.24. The van der Waals surface area contributed by atoms with Gasteiger partial charge < -0.3 is 14.4 Å². The minimum atomic E-state index is -0.197. The van der Waals surface area contributed by atoms with E-state index in [9.17, 15) is 4.79 Å². The molecule has 4 rings (SSSR count). The number of ether oxygens (including phenoxy) is 2. The van der Waals surface area contributed by atoms with Crippen LogP contribution in [0.2, 0.25) is 0 Å². The van der Waals surface area contributed by atoms with Gasteiger partial charge in [-0.05, 0) is 37.6 Å². The second-order valence-corrected chi connectivity index (χ2v) is 6.64. The standard InChI is InChI=1S/C20H21N5O3/c1-13(15-5-4-8-21-12-15)24(3)20(26)19-14(2)25(23-22-19)16-6-7-17-18(11-16)28-10-9-27-17/h4-8,11-13H,9-10H2,1-3H3/t13-/m1/s1. The van der Waals surface area contributed by atoms with Gasteiger partial charge in [0.15, 0.2) is 17.2 Å². The first-order valence-electron chi connectivity index (χ1n) is 9.05. The highest BCUT2D eigenvalue weighted by Crippen LogP contribution is 2.32. The number of carbonyl (C=O) groups is 1. The summed E-state index contributed by atoms with van der Waals surface area (Å²) in [7, 11) is 1.75. The Morgan fingerprint density at radius 3 is 2.75 bits per heavy atom. The monoisotopic (exact) mass is 379 g/mol. The van der Waals surface area contributed by atoms with E-state index in [4.69, 9.17) is 9.47 Å². The molecule has 0 spiro atoms. The topological polar surface area (TPSA) is 82.4 Å². The van der Waals surface area contributed by atoms with Crippen LogP contribution in [0.25, 0.3) is 5.69 Å². The number of aromatic nitrogens is 4. The van der Waals surface area contributed by atoms with Crippen LogP contribution in [0.5, 0.6) is 11.5 Å². The molecule has 144 valence electrons. The minimum Gasteiger partial charge on any atom is -0.486 e. The number of pyridine rings is 1. The normalized spacial score (nSPS) is 13.8. The average Bonchev–Trinajstić information content (AvgIpc) is 3.13. The van der Waals surface area contributed by atoms with Crippen molar-refractivity contribution in [3.05, 3.63) is 59.7 Å². The van der Waals surface area contributed by atoms with Crippen molar-refractivity contribution in [2.24, 2.45) is 0 Å². The maximum absolute atomic E-state index is 13.0. The van der Waals surface area contributed by atoms with Crippen LogP contribution in [0.4, 0.5) is 0 Å². The van der Waals surface area contributed by atoms with Crippen molar-refractivity contribution in [1.29, 1.82) is 0 Å². The zero-order valence-corrected chi connectivity index (χ0v) is 16.0. The van der Waals surface area contributed by atoms with Crippen LogP contribution in [0.15, 0.2) is 42.7 Å². The first-order valence-corrected chi connectivity index (χ1v) is 9.05. The van der Waals surface area contributed by atoms with E-state index in [-0.39, 0.29) is 11.9 Å². The summed E-state index contributed by atoms with van der Waals surface area (Å²) in [6.07, 6.45) is 3.47. The first kappa shape index (κ1) is 18.0. The van der Waals surface area contributed by atoms with Gasteiger partial charge in [-0.25, -0.2) is 4.68 Å². The molecule has 0 bridgehead atoms. The molecule has 0 fully saturated rings. The predicted octanol–water partition coefficient (Wildman–Crippen LogP) is 2.58. The Balaban J connectivity index is 1.60. The van der Waals surface area contributed by atoms with E-state index in [0.717, 1.165) is 11.3 Å². The summed E-state index contributed by atoms with van der Waals surface area (Å²) in [5, 5.41) is 8.32. The molecule has 1 aliphatic rings. The third-order valence-corrected chi connectivity index (χ3v) is 4.94. The molecule has 1 amide bonds. The van der Waals surface area contributed by atoms with Crippen LogP contribution in [-0.2, 0) is 0 Å². The number of benzene rings is 1. The molecule has 0 saturated heterocycles. The summed E-state index contributed by atoms with van der Waals surface area (Å²) >= 11 is 0. The van der Waals surface area contributed by atoms with Gasteiger partial charge in [-0.1, -0.05) is 11.3 Å². The van der Waals surface area contributed by atoms with Gasteiger partial charge in [0, 0.05) is 25.5 Å². The van der Waals surface area contributed by atoms with Crippen LogP contribution in [0.3, 0.4) is 0 Å². The van der Waals surface area contributed by atoms with Crippen molar-refractivity contribution >= 4 is 5.91 Å². The Labute approximate surface area is 162 Å². The summed E-state index contributed by atoms with van der Waals surface area (Å²) in [6.45, 7) is 4.82. The molecule has 0 unspecified atom stereocenters. The molecule has 8 nitrogen and oxygen atoms in total. The minimum absolute atomic E-state index is 0.139. The molecule has 1 atom stereocenters. The third-order valence-electron chi connectivity index (χ3n) is 4.94. The van der Waals surface area contributed by atoms with Gasteiger partial charge in [0.05, 0.1) is 17.4 Å². The molecule has 3 aromatic rings. The lowest BCUT2D eigenvalue weighted by molar-refractivity contribution is 0.0735. The van der Waals surface area contributed by atoms with Crippen molar-refractivity contribution in [2.45, 2.75) is 19.9 Å². The zero-order chi connectivity index (χ0) is 19.7. The van der Waals surface area contributed by atoms with E-state index in [0.29, 0.717) is 36.1 Å². The van der Waals surface area contributed by atoms with Crippen molar-refractivity contribution in [2.75, 3.05) is 20.3 Å². The van der Waals surface area contributed by atoms with E-state index in [1.165, 1.54) is 0 Å². The smallest absolute Gasteiger partial charge is 0.276 e. The van der Waals surface area contributed by atoms with E-state index >= 15 is 0 Å². The number of hydrogen-bond acceptors (Lipinski definition) is 6. The number of carbonyl (C=O) groups excluding carboxylic acids is 1. The van der Waals surface area contributed by atoms with E-state index in [2.05, 4.69) is 15.3 Å².